The molecule has 0 spiro atoms. The van der Waals surface area contributed by atoms with Gasteiger partial charge in [0.25, 0.3) is 0 Å². The smallest absolute Gasteiger partial charge is 0.149 e. The largest absolute Gasteiger partial charge is 0.374 e. The number of hydrogen-bond acceptors (Lipinski definition) is 5. The van der Waals surface area contributed by atoms with E-state index in [4.69, 9.17) is 0 Å². The molecule has 1 aromatic carbocycles. The minimum atomic E-state index is -2.91. The summed E-state index contributed by atoms with van der Waals surface area (Å²) in [6, 6.07) is 7.79. The number of anilines is 1. The summed E-state index contributed by atoms with van der Waals surface area (Å²) in [7, 11) is -2.91. The lowest BCUT2D eigenvalue weighted by atomic mass is 10.2. The van der Waals surface area contributed by atoms with Gasteiger partial charge in [-0.2, -0.15) is 4.37 Å². The Balaban J connectivity index is 2.10. The van der Waals surface area contributed by atoms with E-state index in [0.29, 0.717) is 6.54 Å². The van der Waals surface area contributed by atoms with E-state index in [-0.39, 0.29) is 5.75 Å². The van der Waals surface area contributed by atoms with Crippen LogP contribution in [0, 0.1) is 0 Å². The Morgan fingerprint density at radius 1 is 1.38 bits per heavy atom. The van der Waals surface area contributed by atoms with Crippen LogP contribution in [0.3, 0.4) is 0 Å². The standard InChI is InChI=1S/C10H12N2O2S2/c1-16(13,14)7-6-11-10-8-4-2-3-5-9(8)12-15-10/h2-5,11H,6-7H2,1H3. The molecule has 1 heterocycles. The molecule has 1 aromatic heterocycles. The first-order valence-electron chi connectivity index (χ1n) is 4.82. The second kappa shape index (κ2) is 4.39. The van der Waals surface area contributed by atoms with Crippen molar-refractivity contribution in [3.63, 3.8) is 0 Å². The van der Waals surface area contributed by atoms with Gasteiger partial charge in [-0.25, -0.2) is 8.42 Å². The van der Waals surface area contributed by atoms with Crippen molar-refractivity contribution in [3.8, 4) is 0 Å². The molecule has 2 rings (SSSR count). The molecule has 0 saturated heterocycles. The number of benzene rings is 1. The van der Waals surface area contributed by atoms with Gasteiger partial charge < -0.3 is 5.32 Å². The summed E-state index contributed by atoms with van der Waals surface area (Å²) in [5.41, 5.74) is 0.939. The van der Waals surface area contributed by atoms with Crippen LogP contribution in [0.5, 0.6) is 0 Å². The van der Waals surface area contributed by atoms with Gasteiger partial charge >= 0.3 is 0 Å². The van der Waals surface area contributed by atoms with Crippen molar-refractivity contribution in [2.45, 2.75) is 0 Å². The Labute approximate surface area is 98.4 Å². The van der Waals surface area contributed by atoms with E-state index in [2.05, 4.69) is 9.69 Å². The maximum atomic E-state index is 11.0. The van der Waals surface area contributed by atoms with Crippen LogP contribution in [0.1, 0.15) is 0 Å². The Morgan fingerprint density at radius 2 is 2.12 bits per heavy atom. The number of rotatable bonds is 4. The summed E-state index contributed by atoms with van der Waals surface area (Å²) in [5, 5.41) is 5.07. The van der Waals surface area contributed by atoms with Crippen molar-refractivity contribution in [3.05, 3.63) is 24.3 Å². The van der Waals surface area contributed by atoms with Gasteiger partial charge in [0.2, 0.25) is 0 Å². The molecule has 0 fully saturated rings. The molecule has 2 aromatic rings. The highest BCUT2D eigenvalue weighted by molar-refractivity contribution is 7.90. The Morgan fingerprint density at radius 3 is 2.88 bits per heavy atom. The van der Waals surface area contributed by atoms with Crippen molar-refractivity contribution in [2.75, 3.05) is 23.9 Å². The molecule has 0 aliphatic carbocycles. The quantitative estimate of drug-likeness (QED) is 0.905. The lowest BCUT2D eigenvalue weighted by molar-refractivity contribution is 0.602. The summed E-state index contributed by atoms with van der Waals surface area (Å²) < 4.78 is 26.2. The maximum absolute atomic E-state index is 11.0. The zero-order valence-corrected chi connectivity index (χ0v) is 10.4. The van der Waals surface area contributed by atoms with Gasteiger partial charge in [-0.05, 0) is 23.7 Å². The molecule has 1 N–H and O–H groups in total. The highest BCUT2D eigenvalue weighted by Gasteiger charge is 2.06. The van der Waals surface area contributed by atoms with Crippen LogP contribution in [0.4, 0.5) is 5.00 Å². The molecule has 16 heavy (non-hydrogen) atoms. The van der Waals surface area contributed by atoms with Crippen molar-refractivity contribution < 1.29 is 8.42 Å². The van der Waals surface area contributed by atoms with Gasteiger partial charge in [-0.1, -0.05) is 12.1 Å². The van der Waals surface area contributed by atoms with Gasteiger partial charge in [-0.15, -0.1) is 0 Å². The van der Waals surface area contributed by atoms with E-state index in [9.17, 15) is 8.42 Å². The number of fused-ring (bicyclic) bond motifs is 1. The van der Waals surface area contributed by atoms with Crippen molar-refractivity contribution in [1.29, 1.82) is 0 Å². The average molecular weight is 256 g/mol. The summed E-state index contributed by atoms with van der Waals surface area (Å²) >= 11 is 1.36. The maximum Gasteiger partial charge on any atom is 0.149 e. The van der Waals surface area contributed by atoms with Gasteiger partial charge in [0.05, 0.1) is 11.3 Å². The Bertz CT molecular complexity index is 590. The van der Waals surface area contributed by atoms with Crippen LogP contribution < -0.4 is 5.32 Å². The summed E-state index contributed by atoms with van der Waals surface area (Å²) in [4.78, 5) is 0. The molecule has 0 amide bonds. The van der Waals surface area contributed by atoms with E-state index in [1.54, 1.807) is 0 Å². The van der Waals surface area contributed by atoms with Crippen LogP contribution >= 0.6 is 11.5 Å². The number of nitrogens with zero attached hydrogens (tertiary/aromatic N) is 1. The van der Waals surface area contributed by atoms with Crippen molar-refractivity contribution >= 4 is 37.3 Å². The minimum absolute atomic E-state index is 0.138. The molecular weight excluding hydrogens is 244 g/mol. The van der Waals surface area contributed by atoms with E-state index in [0.717, 1.165) is 15.9 Å². The first kappa shape index (κ1) is 11.3. The molecule has 86 valence electrons. The predicted molar refractivity (Wildman–Crippen MR) is 67.8 cm³/mol. The zero-order valence-electron chi connectivity index (χ0n) is 8.80. The summed E-state index contributed by atoms with van der Waals surface area (Å²) in [5.74, 6) is 0.138. The number of hydrogen-bond donors (Lipinski definition) is 1. The second-order valence-corrected chi connectivity index (χ2v) is 6.62. The molecule has 0 saturated carbocycles. The van der Waals surface area contributed by atoms with Crippen molar-refractivity contribution in [2.24, 2.45) is 0 Å². The Kier molecular flexibility index (Phi) is 3.11. The summed E-state index contributed by atoms with van der Waals surface area (Å²) in [6.07, 6.45) is 1.24. The number of aromatic nitrogens is 1. The van der Waals surface area contributed by atoms with Crippen LogP contribution in [0.15, 0.2) is 24.3 Å². The molecule has 0 atom stereocenters. The molecule has 0 aliphatic heterocycles. The first-order valence-corrected chi connectivity index (χ1v) is 7.66. The SMILES string of the molecule is CS(=O)(=O)CCNc1snc2ccccc12. The van der Waals surface area contributed by atoms with Gasteiger partial charge in [-0.3, -0.25) is 0 Å². The molecule has 4 nitrogen and oxygen atoms in total. The third-order valence-corrected chi connectivity index (χ3v) is 3.92. The fraction of sp³-hybridized carbons (Fsp3) is 0.300. The lowest BCUT2D eigenvalue weighted by Gasteiger charge is -2.02. The topological polar surface area (TPSA) is 59.1 Å². The van der Waals surface area contributed by atoms with Gasteiger partial charge in [0.1, 0.15) is 14.8 Å². The van der Waals surface area contributed by atoms with E-state index in [1.807, 2.05) is 24.3 Å². The molecular formula is C10H12N2O2S2. The lowest BCUT2D eigenvalue weighted by Crippen LogP contribution is -2.13. The average Bonchev–Trinajstić information content (AvgIpc) is 2.60. The van der Waals surface area contributed by atoms with Gasteiger partial charge in [0, 0.05) is 18.2 Å². The van der Waals surface area contributed by atoms with Gasteiger partial charge in [0.15, 0.2) is 0 Å². The third kappa shape index (κ3) is 2.70. The molecule has 6 heteroatoms. The zero-order chi connectivity index (χ0) is 11.6. The first-order chi connectivity index (χ1) is 7.56. The minimum Gasteiger partial charge on any atom is -0.374 e. The monoisotopic (exact) mass is 256 g/mol. The summed E-state index contributed by atoms with van der Waals surface area (Å²) in [6.45, 7) is 0.422. The van der Waals surface area contributed by atoms with E-state index >= 15 is 0 Å². The normalized spacial score (nSPS) is 11.8. The third-order valence-electron chi connectivity index (χ3n) is 2.14. The van der Waals surface area contributed by atoms with Crippen LogP contribution in [0.25, 0.3) is 10.9 Å². The van der Waals surface area contributed by atoms with Crippen LogP contribution in [0.2, 0.25) is 0 Å². The van der Waals surface area contributed by atoms with Crippen LogP contribution in [-0.4, -0.2) is 31.3 Å². The van der Waals surface area contributed by atoms with E-state index in [1.165, 1.54) is 17.8 Å². The molecule has 0 bridgehead atoms. The number of sulfone groups is 1. The second-order valence-electron chi connectivity index (χ2n) is 3.59. The molecule has 0 radical (unpaired) electrons. The molecule has 0 unspecified atom stereocenters. The number of nitrogens with one attached hydrogen (secondary N) is 1. The Hall–Kier alpha value is -1.14. The van der Waals surface area contributed by atoms with Crippen LogP contribution in [-0.2, 0) is 9.84 Å². The predicted octanol–water partition coefficient (Wildman–Crippen LogP) is 1.75. The molecule has 0 aliphatic rings. The fourth-order valence-electron chi connectivity index (χ4n) is 1.37. The highest BCUT2D eigenvalue weighted by atomic mass is 32.2. The fourth-order valence-corrected chi connectivity index (χ4v) is 2.63. The van der Waals surface area contributed by atoms with E-state index < -0.39 is 9.84 Å². The highest BCUT2D eigenvalue weighted by Crippen LogP contribution is 2.26. The van der Waals surface area contributed by atoms with Crippen molar-refractivity contribution in [1.82, 2.24) is 4.37 Å².